The number of carbonyl (C=O) groups excluding carboxylic acids is 3. The van der Waals surface area contributed by atoms with E-state index >= 15 is 0 Å². The van der Waals surface area contributed by atoms with Crippen LogP contribution in [0.2, 0.25) is 0 Å². The van der Waals surface area contributed by atoms with Crippen LogP contribution in [0, 0.1) is 13.8 Å². The lowest BCUT2D eigenvalue weighted by molar-refractivity contribution is -0.123. The Morgan fingerprint density at radius 1 is 1.03 bits per heavy atom. The molecule has 1 aromatic heterocycles. The lowest BCUT2D eigenvalue weighted by Gasteiger charge is -2.14. The first-order valence-electron chi connectivity index (χ1n) is 9.68. The topological polar surface area (TPSA) is 97.5 Å². The molecule has 0 radical (unpaired) electrons. The molecule has 7 nitrogen and oxygen atoms in total. The Bertz CT molecular complexity index is 1120. The fourth-order valence-electron chi connectivity index (χ4n) is 3.25. The van der Waals surface area contributed by atoms with Gasteiger partial charge in [-0.2, -0.15) is 0 Å². The van der Waals surface area contributed by atoms with Gasteiger partial charge in [0.25, 0.3) is 5.91 Å². The van der Waals surface area contributed by atoms with Gasteiger partial charge >= 0.3 is 11.9 Å². The SMILES string of the molecule is CCOC(=O)c1c(C)[nH]c(C(=O)O[C@@H](C)C(=O)Nc2ccc3ccccc3c2)c1C. The minimum absolute atomic E-state index is 0.126. The number of aryl methyl sites for hydroxylation is 1. The number of anilines is 1. The van der Waals surface area contributed by atoms with Crippen LogP contribution < -0.4 is 5.32 Å². The molecule has 3 rings (SSSR count). The normalized spacial score (nSPS) is 11.7. The molecule has 1 atom stereocenters. The van der Waals surface area contributed by atoms with Crippen molar-refractivity contribution in [1.29, 1.82) is 0 Å². The van der Waals surface area contributed by atoms with Crippen LogP contribution in [-0.2, 0) is 14.3 Å². The number of carbonyl (C=O) groups is 3. The molecule has 3 aromatic rings. The summed E-state index contributed by atoms with van der Waals surface area (Å²) in [6.45, 7) is 6.73. The van der Waals surface area contributed by atoms with Crippen LogP contribution in [0.4, 0.5) is 5.69 Å². The van der Waals surface area contributed by atoms with E-state index in [-0.39, 0.29) is 12.3 Å². The number of aromatic amines is 1. The highest BCUT2D eigenvalue weighted by atomic mass is 16.5. The first-order chi connectivity index (χ1) is 14.3. The molecule has 30 heavy (non-hydrogen) atoms. The number of esters is 2. The van der Waals surface area contributed by atoms with Crippen LogP contribution in [0.5, 0.6) is 0 Å². The first-order valence-corrected chi connectivity index (χ1v) is 9.68. The Kier molecular flexibility index (Phi) is 6.20. The lowest BCUT2D eigenvalue weighted by Crippen LogP contribution is -2.30. The molecule has 0 saturated heterocycles. The fraction of sp³-hybridized carbons (Fsp3) is 0.261. The molecule has 2 aromatic carbocycles. The van der Waals surface area contributed by atoms with Gasteiger partial charge in [-0.25, -0.2) is 9.59 Å². The summed E-state index contributed by atoms with van der Waals surface area (Å²) in [4.78, 5) is 40.0. The number of hydrogen-bond donors (Lipinski definition) is 2. The Labute approximate surface area is 174 Å². The molecule has 156 valence electrons. The van der Waals surface area contributed by atoms with Crippen LogP contribution in [0.1, 0.15) is 46.0 Å². The molecule has 0 aliphatic rings. The van der Waals surface area contributed by atoms with Crippen LogP contribution >= 0.6 is 0 Å². The van der Waals surface area contributed by atoms with Crippen molar-refractivity contribution in [1.82, 2.24) is 4.98 Å². The van der Waals surface area contributed by atoms with Crippen molar-refractivity contribution in [2.24, 2.45) is 0 Å². The molecule has 0 unspecified atom stereocenters. The third kappa shape index (κ3) is 4.35. The number of ether oxygens (including phenoxy) is 2. The van der Waals surface area contributed by atoms with Gasteiger partial charge in [0, 0.05) is 11.4 Å². The maximum absolute atomic E-state index is 12.6. The number of rotatable bonds is 6. The Morgan fingerprint density at radius 3 is 2.43 bits per heavy atom. The van der Waals surface area contributed by atoms with Crippen molar-refractivity contribution in [2.75, 3.05) is 11.9 Å². The summed E-state index contributed by atoms with van der Waals surface area (Å²) >= 11 is 0. The predicted octanol–water partition coefficient (Wildman–Crippen LogP) is 4.15. The minimum atomic E-state index is -1.03. The minimum Gasteiger partial charge on any atom is -0.462 e. The Balaban J connectivity index is 1.69. The molecule has 0 aliphatic heterocycles. The van der Waals surface area contributed by atoms with Crippen molar-refractivity contribution in [3.63, 3.8) is 0 Å². The van der Waals surface area contributed by atoms with E-state index in [1.54, 1.807) is 26.8 Å². The zero-order valence-corrected chi connectivity index (χ0v) is 17.4. The number of amides is 1. The molecule has 0 saturated carbocycles. The molecular weight excluding hydrogens is 384 g/mol. The summed E-state index contributed by atoms with van der Waals surface area (Å²) in [5, 5.41) is 4.81. The summed E-state index contributed by atoms with van der Waals surface area (Å²) in [6, 6.07) is 13.3. The monoisotopic (exact) mass is 408 g/mol. The average molecular weight is 408 g/mol. The zero-order valence-electron chi connectivity index (χ0n) is 17.4. The van der Waals surface area contributed by atoms with Gasteiger partial charge in [-0.1, -0.05) is 30.3 Å². The number of H-pyrrole nitrogens is 1. The fourth-order valence-corrected chi connectivity index (χ4v) is 3.25. The number of nitrogens with one attached hydrogen (secondary N) is 2. The smallest absolute Gasteiger partial charge is 0.355 e. The second kappa shape index (κ2) is 8.82. The molecule has 2 N–H and O–H groups in total. The summed E-state index contributed by atoms with van der Waals surface area (Å²) in [5.41, 5.74) is 1.97. The van der Waals surface area contributed by atoms with Gasteiger partial charge in [0.05, 0.1) is 12.2 Å². The summed E-state index contributed by atoms with van der Waals surface area (Å²) in [7, 11) is 0. The van der Waals surface area contributed by atoms with Crippen molar-refractivity contribution < 1.29 is 23.9 Å². The third-order valence-electron chi connectivity index (χ3n) is 4.79. The predicted molar refractivity (Wildman–Crippen MR) is 114 cm³/mol. The quantitative estimate of drug-likeness (QED) is 0.597. The largest absolute Gasteiger partial charge is 0.462 e. The van der Waals surface area contributed by atoms with Crippen molar-refractivity contribution in [3.8, 4) is 0 Å². The van der Waals surface area contributed by atoms with E-state index in [1.165, 1.54) is 6.92 Å². The van der Waals surface area contributed by atoms with E-state index in [0.717, 1.165) is 10.8 Å². The number of hydrogen-bond acceptors (Lipinski definition) is 5. The summed E-state index contributed by atoms with van der Waals surface area (Å²) < 4.78 is 10.3. The van der Waals surface area contributed by atoms with Crippen molar-refractivity contribution in [3.05, 3.63) is 65.0 Å². The van der Waals surface area contributed by atoms with E-state index in [4.69, 9.17) is 9.47 Å². The van der Waals surface area contributed by atoms with Crippen molar-refractivity contribution in [2.45, 2.75) is 33.8 Å². The lowest BCUT2D eigenvalue weighted by atomic mass is 10.1. The number of fused-ring (bicyclic) bond motifs is 1. The van der Waals surface area contributed by atoms with Crippen LogP contribution in [-0.4, -0.2) is 35.5 Å². The van der Waals surface area contributed by atoms with E-state index in [9.17, 15) is 14.4 Å². The maximum atomic E-state index is 12.6. The zero-order chi connectivity index (χ0) is 21.8. The Morgan fingerprint density at radius 2 is 1.73 bits per heavy atom. The average Bonchev–Trinajstić information content (AvgIpc) is 3.02. The van der Waals surface area contributed by atoms with Gasteiger partial charge in [-0.3, -0.25) is 4.79 Å². The first kappa shape index (κ1) is 21.1. The van der Waals surface area contributed by atoms with Crippen LogP contribution in [0.15, 0.2) is 42.5 Å². The van der Waals surface area contributed by atoms with Gasteiger partial charge in [0.2, 0.25) is 0 Å². The second-order valence-electron chi connectivity index (χ2n) is 6.94. The molecule has 0 spiro atoms. The third-order valence-corrected chi connectivity index (χ3v) is 4.79. The van der Waals surface area contributed by atoms with Gasteiger partial charge in [0.1, 0.15) is 5.69 Å². The molecule has 0 fully saturated rings. The summed E-state index contributed by atoms with van der Waals surface area (Å²) in [5.74, 6) is -1.68. The van der Waals surface area contributed by atoms with E-state index in [2.05, 4.69) is 10.3 Å². The Hall–Kier alpha value is -3.61. The van der Waals surface area contributed by atoms with E-state index in [0.29, 0.717) is 22.5 Å². The van der Waals surface area contributed by atoms with Gasteiger partial charge in [-0.05, 0) is 56.2 Å². The van der Waals surface area contributed by atoms with Gasteiger partial charge in [0.15, 0.2) is 6.10 Å². The van der Waals surface area contributed by atoms with E-state index in [1.807, 2.05) is 36.4 Å². The summed E-state index contributed by atoms with van der Waals surface area (Å²) in [6.07, 6.45) is -1.03. The molecule has 1 amide bonds. The van der Waals surface area contributed by atoms with E-state index < -0.39 is 23.9 Å². The highest BCUT2D eigenvalue weighted by Gasteiger charge is 2.26. The molecule has 1 heterocycles. The van der Waals surface area contributed by atoms with Gasteiger partial charge < -0.3 is 19.8 Å². The molecule has 0 aliphatic carbocycles. The van der Waals surface area contributed by atoms with Crippen molar-refractivity contribution >= 4 is 34.3 Å². The standard InChI is InChI=1S/C23H24N2O5/c1-5-29-22(27)19-13(2)20(24-14(19)3)23(28)30-15(4)21(26)25-18-11-10-16-8-6-7-9-17(16)12-18/h6-12,15,24H,5H2,1-4H3,(H,25,26)/t15-/m0/s1. The van der Waals surface area contributed by atoms with Crippen LogP contribution in [0.3, 0.4) is 0 Å². The number of benzene rings is 2. The molecule has 7 heteroatoms. The second-order valence-corrected chi connectivity index (χ2v) is 6.94. The highest BCUT2D eigenvalue weighted by molar-refractivity contribution is 6.01. The number of aromatic nitrogens is 1. The maximum Gasteiger partial charge on any atom is 0.355 e. The van der Waals surface area contributed by atoms with Crippen LogP contribution in [0.25, 0.3) is 10.8 Å². The molecule has 0 bridgehead atoms. The molecular formula is C23H24N2O5. The van der Waals surface area contributed by atoms with Gasteiger partial charge in [-0.15, -0.1) is 0 Å². The highest BCUT2D eigenvalue weighted by Crippen LogP contribution is 2.21.